The molecule has 1 aromatic heterocycles. The standard InChI is InChI=1S/C21H21FN2O2/c1-2-26-19-8-4-7-17-21(19)14(12-23-17)10-20(25)24-18-11-16(18)13-5-3-6-15(22)9-13/h3-9,12,16,18,23H,2,10-11H2,1H3,(H,24,25)/t16-,18+/m0/s1. The number of benzene rings is 2. The van der Waals surface area contributed by atoms with Gasteiger partial charge in [-0.25, -0.2) is 4.39 Å². The number of aromatic nitrogens is 1. The Kier molecular flexibility index (Phi) is 4.37. The Hall–Kier alpha value is -2.82. The summed E-state index contributed by atoms with van der Waals surface area (Å²) in [5.74, 6) is 0.734. The molecule has 0 radical (unpaired) electrons. The van der Waals surface area contributed by atoms with Gasteiger partial charge < -0.3 is 15.0 Å². The lowest BCUT2D eigenvalue weighted by molar-refractivity contribution is -0.120. The molecular formula is C21H21FN2O2. The number of amides is 1. The van der Waals surface area contributed by atoms with Crippen LogP contribution in [0.5, 0.6) is 5.75 Å². The predicted octanol–water partition coefficient (Wildman–Crippen LogP) is 3.92. The molecule has 1 heterocycles. The molecule has 2 N–H and O–H groups in total. The van der Waals surface area contributed by atoms with E-state index in [1.54, 1.807) is 12.1 Å². The monoisotopic (exact) mass is 352 g/mol. The van der Waals surface area contributed by atoms with E-state index in [2.05, 4.69) is 10.3 Å². The Morgan fingerprint density at radius 1 is 1.31 bits per heavy atom. The number of carbonyl (C=O) groups excluding carboxylic acids is 1. The number of aromatic amines is 1. The SMILES string of the molecule is CCOc1cccc2[nH]cc(CC(=O)N[C@@H]3C[C@H]3c3cccc(F)c3)c12. The van der Waals surface area contributed by atoms with Crippen molar-refractivity contribution in [3.05, 3.63) is 65.6 Å². The van der Waals surface area contributed by atoms with Crippen LogP contribution in [0.1, 0.15) is 30.4 Å². The van der Waals surface area contributed by atoms with E-state index in [-0.39, 0.29) is 30.1 Å². The van der Waals surface area contributed by atoms with Gasteiger partial charge in [0.15, 0.2) is 0 Å². The highest BCUT2D eigenvalue weighted by molar-refractivity contribution is 5.93. The number of carbonyl (C=O) groups is 1. The minimum absolute atomic E-state index is 0.0268. The first-order valence-electron chi connectivity index (χ1n) is 8.92. The number of rotatable bonds is 6. The van der Waals surface area contributed by atoms with Crippen molar-refractivity contribution in [3.63, 3.8) is 0 Å². The van der Waals surface area contributed by atoms with Gasteiger partial charge in [0, 0.05) is 29.1 Å². The van der Waals surface area contributed by atoms with Crippen molar-refractivity contribution in [2.75, 3.05) is 6.61 Å². The molecule has 0 unspecified atom stereocenters. The van der Waals surface area contributed by atoms with E-state index < -0.39 is 0 Å². The van der Waals surface area contributed by atoms with Crippen molar-refractivity contribution >= 4 is 16.8 Å². The molecule has 1 aliphatic carbocycles. The smallest absolute Gasteiger partial charge is 0.224 e. The van der Waals surface area contributed by atoms with E-state index in [1.807, 2.05) is 37.4 Å². The summed E-state index contributed by atoms with van der Waals surface area (Å²) in [7, 11) is 0. The molecule has 0 saturated heterocycles. The molecular weight excluding hydrogens is 331 g/mol. The number of hydrogen-bond donors (Lipinski definition) is 2. The van der Waals surface area contributed by atoms with Crippen molar-refractivity contribution in [2.24, 2.45) is 0 Å². The van der Waals surface area contributed by atoms with Crippen LogP contribution in [0.3, 0.4) is 0 Å². The van der Waals surface area contributed by atoms with Crippen LogP contribution in [0, 0.1) is 5.82 Å². The summed E-state index contributed by atoms with van der Waals surface area (Å²) in [5, 5.41) is 4.02. The fourth-order valence-corrected chi connectivity index (χ4v) is 3.53. The Labute approximate surface area is 151 Å². The van der Waals surface area contributed by atoms with Gasteiger partial charge in [0.1, 0.15) is 11.6 Å². The minimum atomic E-state index is -0.235. The average Bonchev–Trinajstić information content (AvgIpc) is 3.26. The van der Waals surface area contributed by atoms with Crippen molar-refractivity contribution in [3.8, 4) is 5.75 Å². The summed E-state index contributed by atoms with van der Waals surface area (Å²) in [6.45, 7) is 2.52. The van der Waals surface area contributed by atoms with Gasteiger partial charge in [0.05, 0.1) is 13.0 Å². The zero-order chi connectivity index (χ0) is 18.1. The van der Waals surface area contributed by atoms with Crippen LogP contribution in [0.25, 0.3) is 10.9 Å². The van der Waals surface area contributed by atoms with Crippen molar-refractivity contribution < 1.29 is 13.9 Å². The third kappa shape index (κ3) is 3.29. The molecule has 0 bridgehead atoms. The van der Waals surface area contributed by atoms with Gasteiger partial charge in [0.25, 0.3) is 0 Å². The Bertz CT molecular complexity index is 950. The highest BCUT2D eigenvalue weighted by Gasteiger charge is 2.39. The topological polar surface area (TPSA) is 54.1 Å². The third-order valence-corrected chi connectivity index (χ3v) is 4.81. The fourth-order valence-electron chi connectivity index (χ4n) is 3.53. The van der Waals surface area contributed by atoms with E-state index in [9.17, 15) is 9.18 Å². The number of H-pyrrole nitrogens is 1. The van der Waals surface area contributed by atoms with Gasteiger partial charge in [-0.2, -0.15) is 0 Å². The maximum atomic E-state index is 13.3. The summed E-state index contributed by atoms with van der Waals surface area (Å²) in [5.41, 5.74) is 2.83. The van der Waals surface area contributed by atoms with Crippen molar-refractivity contribution in [1.29, 1.82) is 0 Å². The second-order valence-corrected chi connectivity index (χ2v) is 6.67. The second kappa shape index (κ2) is 6.83. The van der Waals surface area contributed by atoms with Gasteiger partial charge >= 0.3 is 0 Å². The highest BCUT2D eigenvalue weighted by atomic mass is 19.1. The normalized spacial score (nSPS) is 18.7. The fraction of sp³-hybridized carbons (Fsp3) is 0.286. The first-order chi connectivity index (χ1) is 12.7. The quantitative estimate of drug-likeness (QED) is 0.706. The van der Waals surface area contributed by atoms with Crippen molar-refractivity contribution in [1.82, 2.24) is 10.3 Å². The minimum Gasteiger partial charge on any atom is -0.493 e. The molecule has 2 atom stereocenters. The number of fused-ring (bicyclic) bond motifs is 1. The van der Waals surface area contributed by atoms with Crippen LogP contribution in [0.2, 0.25) is 0 Å². The largest absolute Gasteiger partial charge is 0.493 e. The van der Waals surface area contributed by atoms with E-state index in [1.165, 1.54) is 6.07 Å². The summed E-state index contributed by atoms with van der Waals surface area (Å²) < 4.78 is 19.0. The third-order valence-electron chi connectivity index (χ3n) is 4.81. The molecule has 1 amide bonds. The maximum absolute atomic E-state index is 13.3. The molecule has 1 saturated carbocycles. The zero-order valence-corrected chi connectivity index (χ0v) is 14.6. The van der Waals surface area contributed by atoms with Crippen molar-refractivity contribution in [2.45, 2.75) is 31.7 Å². The van der Waals surface area contributed by atoms with Crippen LogP contribution in [0.4, 0.5) is 4.39 Å². The first kappa shape index (κ1) is 16.6. The van der Waals surface area contributed by atoms with E-state index in [0.717, 1.165) is 34.2 Å². The predicted molar refractivity (Wildman–Crippen MR) is 98.9 cm³/mol. The van der Waals surface area contributed by atoms with Gasteiger partial charge in [-0.15, -0.1) is 0 Å². The molecule has 4 rings (SSSR count). The molecule has 0 aliphatic heterocycles. The molecule has 5 heteroatoms. The van der Waals surface area contributed by atoms with Gasteiger partial charge in [-0.3, -0.25) is 4.79 Å². The maximum Gasteiger partial charge on any atom is 0.224 e. The molecule has 4 nitrogen and oxygen atoms in total. The highest BCUT2D eigenvalue weighted by Crippen LogP contribution is 2.41. The molecule has 26 heavy (non-hydrogen) atoms. The Balaban J connectivity index is 1.44. The number of halogens is 1. The van der Waals surface area contributed by atoms with E-state index >= 15 is 0 Å². The number of ether oxygens (including phenoxy) is 1. The lowest BCUT2D eigenvalue weighted by Crippen LogP contribution is -2.28. The zero-order valence-electron chi connectivity index (χ0n) is 14.6. The van der Waals surface area contributed by atoms with Gasteiger partial charge in [-0.05, 0) is 48.7 Å². The van der Waals surface area contributed by atoms with E-state index in [0.29, 0.717) is 6.61 Å². The summed E-state index contributed by atoms with van der Waals surface area (Å²) in [6.07, 6.45) is 3.01. The molecule has 1 fully saturated rings. The van der Waals surface area contributed by atoms with Crippen LogP contribution >= 0.6 is 0 Å². The molecule has 2 aromatic carbocycles. The van der Waals surface area contributed by atoms with Crippen LogP contribution < -0.4 is 10.1 Å². The van der Waals surface area contributed by atoms with Crippen LogP contribution in [-0.4, -0.2) is 23.5 Å². The summed E-state index contributed by atoms with van der Waals surface area (Å²) in [4.78, 5) is 15.7. The van der Waals surface area contributed by atoms with Gasteiger partial charge in [-0.1, -0.05) is 18.2 Å². The molecule has 3 aromatic rings. The van der Waals surface area contributed by atoms with Crippen LogP contribution in [-0.2, 0) is 11.2 Å². The van der Waals surface area contributed by atoms with Gasteiger partial charge in [0.2, 0.25) is 5.91 Å². The lowest BCUT2D eigenvalue weighted by atomic mass is 10.1. The number of hydrogen-bond acceptors (Lipinski definition) is 2. The van der Waals surface area contributed by atoms with Crippen LogP contribution in [0.15, 0.2) is 48.7 Å². The summed E-state index contributed by atoms with van der Waals surface area (Å²) >= 11 is 0. The Morgan fingerprint density at radius 2 is 2.15 bits per heavy atom. The lowest BCUT2D eigenvalue weighted by Gasteiger charge is -2.08. The Morgan fingerprint density at radius 3 is 2.96 bits per heavy atom. The first-order valence-corrected chi connectivity index (χ1v) is 8.92. The molecule has 0 spiro atoms. The average molecular weight is 352 g/mol. The molecule has 1 aliphatic rings. The molecule has 134 valence electrons. The number of nitrogens with one attached hydrogen (secondary N) is 2. The second-order valence-electron chi connectivity index (χ2n) is 6.67. The summed E-state index contributed by atoms with van der Waals surface area (Å²) in [6, 6.07) is 12.5. The van der Waals surface area contributed by atoms with E-state index in [4.69, 9.17) is 4.74 Å².